The van der Waals surface area contributed by atoms with E-state index in [0.717, 1.165) is 19.4 Å². The number of carbonyl (C=O) groups is 3. The van der Waals surface area contributed by atoms with Gasteiger partial charge in [0.25, 0.3) is 0 Å². The van der Waals surface area contributed by atoms with E-state index in [-0.39, 0.29) is 49.6 Å². The molecule has 0 aromatic carbocycles. The van der Waals surface area contributed by atoms with Crippen LogP contribution >= 0.6 is 11.3 Å². The number of imide groups is 1. The number of hydrogen-bond donors (Lipinski definition) is 0. The molecule has 1 aromatic heterocycles. The quantitative estimate of drug-likeness (QED) is 0.799. The molecular formula is C15H18N2O3S. The van der Waals surface area contributed by atoms with Gasteiger partial charge in [-0.05, 0) is 35.2 Å². The molecule has 0 radical (unpaired) electrons. The molecule has 3 amide bonds. The second-order valence-electron chi connectivity index (χ2n) is 5.49. The van der Waals surface area contributed by atoms with E-state index in [4.69, 9.17) is 0 Å². The molecule has 0 saturated carbocycles. The SMILES string of the molecule is O=C1CCC(=O)N1CCC(=O)N1CCC[C@@H]1c1ccsc1. The van der Waals surface area contributed by atoms with Gasteiger partial charge in [0.2, 0.25) is 17.7 Å². The van der Waals surface area contributed by atoms with Crippen molar-refractivity contribution in [2.24, 2.45) is 0 Å². The van der Waals surface area contributed by atoms with Gasteiger partial charge in [0.1, 0.15) is 0 Å². The van der Waals surface area contributed by atoms with Crippen molar-refractivity contribution in [2.45, 2.75) is 38.1 Å². The molecule has 112 valence electrons. The van der Waals surface area contributed by atoms with E-state index in [1.165, 1.54) is 10.5 Å². The first-order valence-electron chi connectivity index (χ1n) is 7.31. The molecular weight excluding hydrogens is 288 g/mol. The van der Waals surface area contributed by atoms with Gasteiger partial charge in [-0.3, -0.25) is 19.3 Å². The van der Waals surface area contributed by atoms with Crippen LogP contribution in [0.2, 0.25) is 0 Å². The molecule has 3 heterocycles. The van der Waals surface area contributed by atoms with Crippen LogP contribution in [0.5, 0.6) is 0 Å². The lowest BCUT2D eigenvalue weighted by atomic mass is 10.1. The van der Waals surface area contributed by atoms with E-state index in [1.807, 2.05) is 10.3 Å². The summed E-state index contributed by atoms with van der Waals surface area (Å²) >= 11 is 1.64. The summed E-state index contributed by atoms with van der Waals surface area (Å²) in [6.45, 7) is 0.991. The van der Waals surface area contributed by atoms with Gasteiger partial charge in [-0.25, -0.2) is 0 Å². The van der Waals surface area contributed by atoms with Crippen LogP contribution in [0.4, 0.5) is 0 Å². The average Bonchev–Trinajstić information content (AvgIpc) is 3.18. The molecule has 2 aliphatic rings. The smallest absolute Gasteiger partial charge is 0.229 e. The zero-order chi connectivity index (χ0) is 14.8. The number of hydrogen-bond acceptors (Lipinski definition) is 4. The number of thiophene rings is 1. The van der Waals surface area contributed by atoms with Crippen molar-refractivity contribution >= 4 is 29.1 Å². The molecule has 0 N–H and O–H groups in total. The molecule has 2 aliphatic heterocycles. The molecule has 2 saturated heterocycles. The molecule has 6 heteroatoms. The lowest BCUT2D eigenvalue weighted by Gasteiger charge is -2.25. The number of amides is 3. The van der Waals surface area contributed by atoms with Crippen molar-refractivity contribution < 1.29 is 14.4 Å². The van der Waals surface area contributed by atoms with E-state index < -0.39 is 0 Å². The third-order valence-corrected chi connectivity index (χ3v) is 4.91. The lowest BCUT2D eigenvalue weighted by molar-refractivity contribution is -0.139. The van der Waals surface area contributed by atoms with E-state index in [2.05, 4.69) is 11.4 Å². The highest BCUT2D eigenvalue weighted by atomic mass is 32.1. The van der Waals surface area contributed by atoms with Crippen LogP contribution in [0.25, 0.3) is 0 Å². The summed E-state index contributed by atoms with van der Waals surface area (Å²) in [6.07, 6.45) is 2.80. The van der Waals surface area contributed by atoms with Crippen molar-refractivity contribution in [2.75, 3.05) is 13.1 Å². The Balaban J connectivity index is 1.60. The number of nitrogens with zero attached hydrogens (tertiary/aromatic N) is 2. The zero-order valence-electron chi connectivity index (χ0n) is 11.8. The summed E-state index contributed by atoms with van der Waals surface area (Å²) in [7, 11) is 0. The van der Waals surface area contributed by atoms with Gasteiger partial charge in [-0.2, -0.15) is 11.3 Å². The van der Waals surface area contributed by atoms with Crippen LogP contribution in [-0.4, -0.2) is 40.6 Å². The van der Waals surface area contributed by atoms with Crippen LogP contribution in [0.15, 0.2) is 16.8 Å². The van der Waals surface area contributed by atoms with Crippen LogP contribution in [0.3, 0.4) is 0 Å². The maximum atomic E-state index is 12.4. The Kier molecular flexibility index (Phi) is 4.05. The minimum Gasteiger partial charge on any atom is -0.336 e. The fourth-order valence-corrected chi connectivity index (χ4v) is 3.81. The fraction of sp³-hybridized carbons (Fsp3) is 0.533. The van der Waals surface area contributed by atoms with Crippen molar-refractivity contribution in [1.82, 2.24) is 9.80 Å². The fourth-order valence-electron chi connectivity index (χ4n) is 3.10. The number of carbonyl (C=O) groups excluding carboxylic acids is 3. The predicted octanol–water partition coefficient (Wildman–Crippen LogP) is 1.95. The van der Waals surface area contributed by atoms with Crippen molar-refractivity contribution in [3.63, 3.8) is 0 Å². The van der Waals surface area contributed by atoms with Gasteiger partial charge in [-0.15, -0.1) is 0 Å². The average molecular weight is 306 g/mol. The van der Waals surface area contributed by atoms with Gasteiger partial charge in [0.15, 0.2) is 0 Å². The van der Waals surface area contributed by atoms with Crippen LogP contribution < -0.4 is 0 Å². The minimum absolute atomic E-state index is 0.0381. The summed E-state index contributed by atoms with van der Waals surface area (Å²) in [5.41, 5.74) is 1.19. The van der Waals surface area contributed by atoms with Crippen LogP contribution in [-0.2, 0) is 14.4 Å². The first-order chi connectivity index (χ1) is 10.2. The molecule has 0 spiro atoms. The Hall–Kier alpha value is -1.69. The summed E-state index contributed by atoms with van der Waals surface area (Å²) < 4.78 is 0. The van der Waals surface area contributed by atoms with Crippen LogP contribution in [0.1, 0.15) is 43.7 Å². The Bertz CT molecular complexity index is 539. The summed E-state index contributed by atoms with van der Waals surface area (Å²) in [5, 5.41) is 4.11. The lowest BCUT2D eigenvalue weighted by Crippen LogP contribution is -2.36. The Morgan fingerprint density at radius 3 is 2.71 bits per heavy atom. The minimum atomic E-state index is -0.149. The highest BCUT2D eigenvalue weighted by Gasteiger charge is 2.32. The largest absolute Gasteiger partial charge is 0.336 e. The molecule has 1 atom stereocenters. The normalized spacial score (nSPS) is 22.4. The molecule has 21 heavy (non-hydrogen) atoms. The zero-order valence-corrected chi connectivity index (χ0v) is 12.6. The van der Waals surface area contributed by atoms with Gasteiger partial charge in [-0.1, -0.05) is 0 Å². The second kappa shape index (κ2) is 5.97. The van der Waals surface area contributed by atoms with Crippen molar-refractivity contribution in [1.29, 1.82) is 0 Å². The Labute approximate surface area is 127 Å². The van der Waals surface area contributed by atoms with Crippen molar-refractivity contribution in [3.8, 4) is 0 Å². The molecule has 1 aromatic rings. The number of rotatable bonds is 4. The van der Waals surface area contributed by atoms with Gasteiger partial charge in [0.05, 0.1) is 6.04 Å². The van der Waals surface area contributed by atoms with Gasteiger partial charge >= 0.3 is 0 Å². The standard InChI is InChI=1S/C15H18N2O3S/c18-13-3-4-14(19)17(13)8-5-15(20)16-7-1-2-12(16)11-6-9-21-10-11/h6,9-10,12H,1-5,7-8H2/t12-/m1/s1. The highest BCUT2D eigenvalue weighted by Crippen LogP contribution is 2.33. The van der Waals surface area contributed by atoms with Crippen LogP contribution in [0, 0.1) is 0 Å². The summed E-state index contributed by atoms with van der Waals surface area (Å²) in [5.74, 6) is -0.261. The Morgan fingerprint density at radius 1 is 1.29 bits per heavy atom. The van der Waals surface area contributed by atoms with E-state index in [0.29, 0.717) is 0 Å². The van der Waals surface area contributed by atoms with E-state index in [1.54, 1.807) is 11.3 Å². The second-order valence-corrected chi connectivity index (χ2v) is 6.27. The first kappa shape index (κ1) is 14.3. The van der Waals surface area contributed by atoms with E-state index in [9.17, 15) is 14.4 Å². The molecule has 5 nitrogen and oxygen atoms in total. The number of likely N-dealkylation sites (tertiary alicyclic amines) is 2. The maximum Gasteiger partial charge on any atom is 0.229 e. The molecule has 3 rings (SSSR count). The monoisotopic (exact) mass is 306 g/mol. The van der Waals surface area contributed by atoms with Gasteiger partial charge < -0.3 is 4.90 Å². The molecule has 0 unspecified atom stereocenters. The van der Waals surface area contributed by atoms with E-state index >= 15 is 0 Å². The summed E-state index contributed by atoms with van der Waals surface area (Å²) in [4.78, 5) is 38.6. The summed E-state index contributed by atoms with van der Waals surface area (Å²) in [6, 6.07) is 2.22. The molecule has 2 fully saturated rings. The highest BCUT2D eigenvalue weighted by molar-refractivity contribution is 7.07. The third kappa shape index (κ3) is 2.85. The third-order valence-electron chi connectivity index (χ3n) is 4.21. The molecule has 0 aliphatic carbocycles. The Morgan fingerprint density at radius 2 is 2.05 bits per heavy atom. The molecule has 0 bridgehead atoms. The first-order valence-corrected chi connectivity index (χ1v) is 8.26. The predicted molar refractivity (Wildman–Crippen MR) is 78.6 cm³/mol. The van der Waals surface area contributed by atoms with Crippen molar-refractivity contribution in [3.05, 3.63) is 22.4 Å². The maximum absolute atomic E-state index is 12.4. The van der Waals surface area contributed by atoms with Gasteiger partial charge in [0, 0.05) is 32.4 Å². The topological polar surface area (TPSA) is 57.7 Å².